The Morgan fingerprint density at radius 3 is 2.44 bits per heavy atom. The van der Waals surface area contributed by atoms with E-state index in [0.717, 1.165) is 5.56 Å². The number of halogens is 5. The number of rotatable bonds is 7. The average molecular weight is 491 g/mol. The summed E-state index contributed by atoms with van der Waals surface area (Å²) < 4.78 is 43.7. The summed E-state index contributed by atoms with van der Waals surface area (Å²) in [6, 6.07) is 10.0. The average Bonchev–Trinajstić information content (AvgIpc) is 2.70. The zero-order chi connectivity index (χ0) is 23.6. The van der Waals surface area contributed by atoms with E-state index in [1.807, 2.05) is 30.3 Å². The molecule has 10 heteroatoms. The fourth-order valence-electron chi connectivity index (χ4n) is 4.01. The fraction of sp³-hybridized carbons (Fsp3) is 0.409. The minimum Gasteiger partial charge on any atom is -0.496 e. The molecule has 174 valence electrons. The molecule has 1 N–H and O–H groups in total. The first-order valence-electron chi connectivity index (χ1n) is 9.90. The van der Waals surface area contributed by atoms with Crippen LogP contribution in [0, 0.1) is 0 Å². The van der Waals surface area contributed by atoms with Crippen LogP contribution in [0.2, 0.25) is 10.0 Å². The van der Waals surface area contributed by atoms with Crippen LogP contribution in [0.25, 0.3) is 0 Å². The standard InChI is InChI=1S/C22H23Cl2F3N2O3/c1-13(29(21(30)31)9-14-6-4-3-5-7-14)16-8-17(23)19(24)18(20(16)32-2)15-10-28(11-15)12-22(25,26)27/h3-8,13,15H,9-12H2,1-2H3,(H,30,31). The van der Waals surface area contributed by atoms with Gasteiger partial charge in [-0.3, -0.25) is 9.80 Å². The van der Waals surface area contributed by atoms with Gasteiger partial charge in [0.15, 0.2) is 0 Å². The highest BCUT2D eigenvalue weighted by Gasteiger charge is 2.40. The number of carbonyl (C=O) groups is 1. The quantitative estimate of drug-likeness (QED) is 0.501. The maximum absolute atomic E-state index is 12.7. The highest BCUT2D eigenvalue weighted by molar-refractivity contribution is 6.42. The Hall–Kier alpha value is -2.16. The van der Waals surface area contributed by atoms with Crippen LogP contribution in [-0.4, -0.2) is 53.9 Å². The van der Waals surface area contributed by atoms with Crippen LogP contribution in [-0.2, 0) is 6.54 Å². The van der Waals surface area contributed by atoms with Crippen LogP contribution in [0.4, 0.5) is 18.0 Å². The van der Waals surface area contributed by atoms with Crippen molar-refractivity contribution in [2.45, 2.75) is 31.6 Å². The number of alkyl halides is 3. The van der Waals surface area contributed by atoms with Gasteiger partial charge in [-0.25, -0.2) is 4.79 Å². The number of hydrogen-bond donors (Lipinski definition) is 1. The number of methoxy groups -OCH3 is 1. The number of nitrogens with zero attached hydrogens (tertiary/aromatic N) is 2. The summed E-state index contributed by atoms with van der Waals surface area (Å²) in [7, 11) is 1.42. The van der Waals surface area contributed by atoms with Crippen LogP contribution in [0.3, 0.4) is 0 Å². The molecular weight excluding hydrogens is 468 g/mol. The number of benzene rings is 2. The molecule has 1 saturated heterocycles. The van der Waals surface area contributed by atoms with Crippen LogP contribution in [0.1, 0.15) is 35.6 Å². The lowest BCUT2D eigenvalue weighted by molar-refractivity contribution is -0.154. The molecule has 1 fully saturated rings. The SMILES string of the molecule is COc1c(C(C)N(Cc2ccccc2)C(=O)O)cc(Cl)c(Cl)c1C1CN(CC(F)(F)F)C1. The maximum Gasteiger partial charge on any atom is 0.408 e. The molecule has 1 heterocycles. The van der Waals surface area contributed by atoms with Crippen molar-refractivity contribution in [1.29, 1.82) is 0 Å². The van der Waals surface area contributed by atoms with Gasteiger partial charge in [0.2, 0.25) is 0 Å². The Kier molecular flexibility index (Phi) is 7.47. The zero-order valence-electron chi connectivity index (χ0n) is 17.5. The van der Waals surface area contributed by atoms with E-state index in [0.29, 0.717) is 16.9 Å². The van der Waals surface area contributed by atoms with Gasteiger partial charge in [0.05, 0.1) is 29.7 Å². The number of hydrogen-bond acceptors (Lipinski definition) is 3. The van der Waals surface area contributed by atoms with Crippen LogP contribution in [0.15, 0.2) is 36.4 Å². The van der Waals surface area contributed by atoms with E-state index in [-0.39, 0.29) is 35.6 Å². The molecule has 0 radical (unpaired) electrons. The molecule has 0 aliphatic carbocycles. The number of carboxylic acid groups (broad SMARTS) is 1. The van der Waals surface area contributed by atoms with E-state index in [9.17, 15) is 23.1 Å². The summed E-state index contributed by atoms with van der Waals surface area (Å²) in [5.74, 6) is 0.0414. The molecule has 1 atom stereocenters. The van der Waals surface area contributed by atoms with E-state index in [4.69, 9.17) is 27.9 Å². The minimum atomic E-state index is -4.29. The van der Waals surface area contributed by atoms with E-state index >= 15 is 0 Å². The number of likely N-dealkylation sites (tertiary alicyclic amines) is 1. The topological polar surface area (TPSA) is 53.0 Å². The van der Waals surface area contributed by atoms with Gasteiger partial charge in [0.1, 0.15) is 5.75 Å². The maximum atomic E-state index is 12.7. The molecular formula is C22H23Cl2F3N2O3. The Balaban J connectivity index is 1.93. The summed E-state index contributed by atoms with van der Waals surface area (Å²) in [6.07, 6.45) is -5.41. The second-order valence-electron chi connectivity index (χ2n) is 7.79. The highest BCUT2D eigenvalue weighted by atomic mass is 35.5. The van der Waals surface area contributed by atoms with Crippen molar-refractivity contribution in [2.75, 3.05) is 26.7 Å². The van der Waals surface area contributed by atoms with Gasteiger partial charge in [-0.1, -0.05) is 53.5 Å². The normalized spacial score (nSPS) is 15.8. The van der Waals surface area contributed by atoms with Gasteiger partial charge in [-0.2, -0.15) is 13.2 Å². The van der Waals surface area contributed by atoms with Gasteiger partial charge >= 0.3 is 12.3 Å². The molecule has 0 bridgehead atoms. The highest BCUT2D eigenvalue weighted by Crippen LogP contribution is 2.46. The van der Waals surface area contributed by atoms with Crippen molar-refractivity contribution in [2.24, 2.45) is 0 Å². The Morgan fingerprint density at radius 1 is 1.28 bits per heavy atom. The minimum absolute atomic E-state index is 0.138. The first-order valence-corrected chi connectivity index (χ1v) is 10.7. The summed E-state index contributed by atoms with van der Waals surface area (Å²) >= 11 is 12.8. The molecule has 1 aliphatic rings. The summed E-state index contributed by atoms with van der Waals surface area (Å²) in [5.41, 5.74) is 1.82. The van der Waals surface area contributed by atoms with Crippen LogP contribution >= 0.6 is 23.2 Å². The molecule has 1 unspecified atom stereocenters. The predicted octanol–water partition coefficient (Wildman–Crippen LogP) is 6.20. The van der Waals surface area contributed by atoms with E-state index in [1.165, 1.54) is 16.9 Å². The van der Waals surface area contributed by atoms with Gasteiger partial charge in [0, 0.05) is 36.7 Å². The van der Waals surface area contributed by atoms with Crippen molar-refractivity contribution in [3.63, 3.8) is 0 Å². The summed E-state index contributed by atoms with van der Waals surface area (Å²) in [5, 5.41) is 10.3. The second-order valence-corrected chi connectivity index (χ2v) is 8.57. The van der Waals surface area contributed by atoms with Gasteiger partial charge in [-0.05, 0) is 18.6 Å². The van der Waals surface area contributed by atoms with Crippen molar-refractivity contribution in [3.8, 4) is 5.75 Å². The van der Waals surface area contributed by atoms with E-state index < -0.39 is 24.9 Å². The Morgan fingerprint density at radius 2 is 1.91 bits per heavy atom. The van der Waals surface area contributed by atoms with Crippen molar-refractivity contribution in [1.82, 2.24) is 9.80 Å². The molecule has 2 aromatic carbocycles. The Bertz CT molecular complexity index is 967. The number of amides is 1. The summed E-state index contributed by atoms with van der Waals surface area (Å²) in [4.78, 5) is 14.6. The van der Waals surface area contributed by atoms with E-state index in [1.54, 1.807) is 13.0 Å². The lowest BCUT2D eigenvalue weighted by Gasteiger charge is -2.41. The van der Waals surface area contributed by atoms with Gasteiger partial charge in [-0.15, -0.1) is 0 Å². The third-order valence-electron chi connectivity index (χ3n) is 5.57. The first-order chi connectivity index (χ1) is 15.0. The third-order valence-corrected chi connectivity index (χ3v) is 6.37. The molecule has 5 nitrogen and oxygen atoms in total. The Labute approximate surface area is 194 Å². The fourth-order valence-corrected chi connectivity index (χ4v) is 4.52. The van der Waals surface area contributed by atoms with E-state index in [2.05, 4.69) is 0 Å². The zero-order valence-corrected chi connectivity index (χ0v) is 19.0. The molecule has 1 amide bonds. The molecule has 0 saturated carbocycles. The molecule has 32 heavy (non-hydrogen) atoms. The monoisotopic (exact) mass is 490 g/mol. The van der Waals surface area contributed by atoms with Crippen molar-refractivity contribution >= 4 is 29.3 Å². The molecule has 0 aromatic heterocycles. The largest absolute Gasteiger partial charge is 0.496 e. The number of ether oxygens (including phenoxy) is 1. The van der Waals surface area contributed by atoms with Crippen LogP contribution in [0.5, 0.6) is 5.75 Å². The molecule has 1 aliphatic heterocycles. The third kappa shape index (κ3) is 5.42. The predicted molar refractivity (Wildman–Crippen MR) is 117 cm³/mol. The van der Waals surface area contributed by atoms with Gasteiger partial charge in [0.25, 0.3) is 0 Å². The molecule has 3 rings (SSSR count). The van der Waals surface area contributed by atoms with Gasteiger partial charge < -0.3 is 9.84 Å². The first kappa shape index (κ1) is 24.5. The second kappa shape index (κ2) is 9.77. The molecule has 2 aromatic rings. The summed E-state index contributed by atoms with van der Waals surface area (Å²) in [6.45, 7) is 1.14. The lowest BCUT2D eigenvalue weighted by atomic mass is 9.87. The lowest BCUT2D eigenvalue weighted by Crippen LogP contribution is -2.49. The smallest absolute Gasteiger partial charge is 0.408 e. The van der Waals surface area contributed by atoms with Crippen molar-refractivity contribution < 1.29 is 27.8 Å². The van der Waals surface area contributed by atoms with Crippen LogP contribution < -0.4 is 4.74 Å². The van der Waals surface area contributed by atoms with Crippen molar-refractivity contribution in [3.05, 3.63) is 63.1 Å². The molecule has 0 spiro atoms.